The van der Waals surface area contributed by atoms with Crippen molar-refractivity contribution in [2.24, 2.45) is 0 Å². The van der Waals surface area contributed by atoms with E-state index in [0.29, 0.717) is 18.7 Å². The normalized spacial score (nSPS) is 10.6. The number of aromatic nitrogens is 2. The second kappa shape index (κ2) is 8.52. The Morgan fingerprint density at radius 1 is 1.23 bits per heavy atom. The maximum atomic E-state index is 12.2. The largest absolute Gasteiger partial charge is 0.393 e. The number of rotatable bonds is 8. The summed E-state index contributed by atoms with van der Waals surface area (Å²) in [5.41, 5.74) is 10.7. The number of benzene rings is 1. The van der Waals surface area contributed by atoms with Crippen LogP contribution in [0.3, 0.4) is 0 Å². The molecular weight excluding hydrogens is 324 g/mol. The van der Waals surface area contributed by atoms with Gasteiger partial charge in [0, 0.05) is 32.3 Å². The molecule has 2 aromatic rings. The second-order valence-electron chi connectivity index (χ2n) is 6.83. The molecule has 1 aromatic heterocycles. The minimum absolute atomic E-state index is 0.189. The van der Waals surface area contributed by atoms with E-state index < -0.39 is 0 Å². The summed E-state index contributed by atoms with van der Waals surface area (Å²) in [5.74, 6) is 0. The number of aryl methyl sites for hydroxylation is 2. The molecule has 0 unspecified atom stereocenters. The summed E-state index contributed by atoms with van der Waals surface area (Å²) in [5, 5.41) is 0. The van der Waals surface area contributed by atoms with Crippen LogP contribution in [-0.2, 0) is 13.0 Å². The molecule has 0 aliphatic carbocycles. The average molecular weight is 352 g/mol. The molecule has 0 aliphatic rings. The minimum atomic E-state index is -0.225. The van der Waals surface area contributed by atoms with Gasteiger partial charge in [-0.1, -0.05) is 48.6 Å². The molecule has 0 bridgehead atoms. The summed E-state index contributed by atoms with van der Waals surface area (Å²) in [4.78, 5) is 18.4. The molecule has 2 rings (SSSR count). The molecule has 0 radical (unpaired) electrons. The van der Waals surface area contributed by atoms with Crippen LogP contribution in [0.4, 0.5) is 5.69 Å². The zero-order chi connectivity index (χ0) is 19.3. The highest BCUT2D eigenvalue weighted by Gasteiger charge is 2.09. The molecule has 5 nitrogen and oxygen atoms in total. The standard InChI is InChI=1S/C21H28N4O/c1-15-6-8-19(9-7-15)10-11-24(5)17(3)12-16(2)13-25-14-23-18(4)20(22)21(25)26/h6-9,14H,2-3,10-13,22H2,1,4-5H3. The van der Waals surface area contributed by atoms with Crippen molar-refractivity contribution in [2.75, 3.05) is 19.3 Å². The van der Waals surface area contributed by atoms with Crippen molar-refractivity contribution in [2.45, 2.75) is 33.2 Å². The van der Waals surface area contributed by atoms with E-state index in [4.69, 9.17) is 5.73 Å². The lowest BCUT2D eigenvalue weighted by Gasteiger charge is -2.23. The third-order valence-corrected chi connectivity index (χ3v) is 4.52. The van der Waals surface area contributed by atoms with Gasteiger partial charge in [-0.2, -0.15) is 0 Å². The Kier molecular flexibility index (Phi) is 6.39. The highest BCUT2D eigenvalue weighted by molar-refractivity contribution is 5.38. The first-order valence-corrected chi connectivity index (χ1v) is 8.70. The first kappa shape index (κ1) is 19.5. The molecule has 0 amide bonds. The van der Waals surface area contributed by atoms with Gasteiger partial charge < -0.3 is 10.6 Å². The fourth-order valence-corrected chi connectivity index (χ4v) is 2.63. The first-order valence-electron chi connectivity index (χ1n) is 8.70. The quantitative estimate of drug-likeness (QED) is 0.742. The van der Waals surface area contributed by atoms with E-state index in [0.717, 1.165) is 24.2 Å². The molecule has 138 valence electrons. The van der Waals surface area contributed by atoms with Gasteiger partial charge in [-0.25, -0.2) is 4.98 Å². The van der Waals surface area contributed by atoms with Crippen LogP contribution in [0.1, 0.15) is 23.2 Å². The number of nitrogens with two attached hydrogens (primary N) is 1. The number of hydrogen-bond acceptors (Lipinski definition) is 4. The van der Waals surface area contributed by atoms with Crippen LogP contribution in [0, 0.1) is 13.8 Å². The summed E-state index contributed by atoms with van der Waals surface area (Å²) in [6, 6.07) is 8.58. The van der Waals surface area contributed by atoms with Gasteiger partial charge in [0.1, 0.15) is 5.69 Å². The van der Waals surface area contributed by atoms with E-state index in [1.54, 1.807) is 6.92 Å². The summed E-state index contributed by atoms with van der Waals surface area (Å²) in [7, 11) is 2.03. The summed E-state index contributed by atoms with van der Waals surface area (Å²) in [6.07, 6.45) is 3.11. The van der Waals surface area contributed by atoms with Crippen LogP contribution in [-0.4, -0.2) is 28.0 Å². The lowest BCUT2D eigenvalue weighted by Crippen LogP contribution is -2.26. The van der Waals surface area contributed by atoms with Crippen molar-refractivity contribution in [3.05, 3.63) is 82.2 Å². The predicted molar refractivity (Wildman–Crippen MR) is 108 cm³/mol. The third-order valence-electron chi connectivity index (χ3n) is 4.52. The van der Waals surface area contributed by atoms with E-state index in [1.165, 1.54) is 22.0 Å². The van der Waals surface area contributed by atoms with Crippen molar-refractivity contribution in [3.63, 3.8) is 0 Å². The Morgan fingerprint density at radius 3 is 2.54 bits per heavy atom. The Hall–Kier alpha value is -2.82. The Morgan fingerprint density at radius 2 is 1.88 bits per heavy atom. The van der Waals surface area contributed by atoms with Crippen LogP contribution >= 0.6 is 0 Å². The molecule has 1 aromatic carbocycles. The molecule has 2 N–H and O–H groups in total. The van der Waals surface area contributed by atoms with Gasteiger partial charge in [0.2, 0.25) is 0 Å². The predicted octanol–water partition coefficient (Wildman–Crippen LogP) is 3.08. The van der Waals surface area contributed by atoms with Gasteiger partial charge in [0.15, 0.2) is 0 Å². The van der Waals surface area contributed by atoms with Crippen molar-refractivity contribution in [3.8, 4) is 0 Å². The molecule has 0 spiro atoms. The monoisotopic (exact) mass is 352 g/mol. The molecule has 0 saturated heterocycles. The topological polar surface area (TPSA) is 64.2 Å². The molecule has 0 fully saturated rings. The van der Waals surface area contributed by atoms with Crippen molar-refractivity contribution < 1.29 is 0 Å². The van der Waals surface area contributed by atoms with Crippen molar-refractivity contribution in [1.82, 2.24) is 14.5 Å². The van der Waals surface area contributed by atoms with E-state index >= 15 is 0 Å². The fraction of sp³-hybridized carbons (Fsp3) is 0.333. The van der Waals surface area contributed by atoms with Crippen LogP contribution < -0.4 is 11.3 Å². The van der Waals surface area contributed by atoms with E-state index in [2.05, 4.69) is 54.2 Å². The SMILES string of the molecule is C=C(CC(=C)N(C)CCc1ccc(C)cc1)Cn1cnc(C)c(N)c1=O. The number of allylic oxidation sites excluding steroid dienone is 1. The molecule has 0 saturated carbocycles. The maximum absolute atomic E-state index is 12.2. The molecule has 0 atom stereocenters. The lowest BCUT2D eigenvalue weighted by atomic mass is 10.1. The number of anilines is 1. The Balaban J connectivity index is 1.88. The molecule has 0 aliphatic heterocycles. The van der Waals surface area contributed by atoms with Gasteiger partial charge in [-0.05, 0) is 25.8 Å². The average Bonchev–Trinajstić information content (AvgIpc) is 2.61. The Bertz CT molecular complexity index is 849. The van der Waals surface area contributed by atoms with Gasteiger partial charge in [0.25, 0.3) is 5.56 Å². The number of nitrogen functional groups attached to an aromatic ring is 1. The first-order chi connectivity index (χ1) is 12.3. The fourth-order valence-electron chi connectivity index (χ4n) is 2.63. The van der Waals surface area contributed by atoms with Gasteiger partial charge in [-0.3, -0.25) is 9.36 Å². The summed E-state index contributed by atoms with van der Waals surface area (Å²) >= 11 is 0. The van der Waals surface area contributed by atoms with E-state index in [-0.39, 0.29) is 11.2 Å². The Labute approximate surface area is 155 Å². The molecule has 5 heteroatoms. The maximum Gasteiger partial charge on any atom is 0.277 e. The zero-order valence-corrected chi connectivity index (χ0v) is 16.0. The van der Waals surface area contributed by atoms with Crippen LogP contribution in [0.5, 0.6) is 0 Å². The van der Waals surface area contributed by atoms with Crippen molar-refractivity contribution in [1.29, 1.82) is 0 Å². The lowest BCUT2D eigenvalue weighted by molar-refractivity contribution is 0.412. The summed E-state index contributed by atoms with van der Waals surface area (Å²) < 4.78 is 1.49. The van der Waals surface area contributed by atoms with Gasteiger partial charge >= 0.3 is 0 Å². The highest BCUT2D eigenvalue weighted by atomic mass is 16.1. The summed E-state index contributed by atoms with van der Waals surface area (Å²) in [6.45, 7) is 13.3. The second-order valence-corrected chi connectivity index (χ2v) is 6.83. The van der Waals surface area contributed by atoms with Gasteiger partial charge in [-0.15, -0.1) is 0 Å². The highest BCUT2D eigenvalue weighted by Crippen LogP contribution is 2.14. The molecule has 26 heavy (non-hydrogen) atoms. The number of nitrogens with zero attached hydrogens (tertiary/aromatic N) is 3. The zero-order valence-electron chi connectivity index (χ0n) is 16.0. The van der Waals surface area contributed by atoms with Crippen LogP contribution in [0.15, 0.2) is 59.8 Å². The minimum Gasteiger partial charge on any atom is -0.393 e. The van der Waals surface area contributed by atoms with E-state index in [9.17, 15) is 4.79 Å². The van der Waals surface area contributed by atoms with Gasteiger partial charge in [0.05, 0.1) is 12.0 Å². The third kappa shape index (κ3) is 5.09. The van der Waals surface area contributed by atoms with Crippen LogP contribution in [0.25, 0.3) is 0 Å². The van der Waals surface area contributed by atoms with E-state index in [1.807, 2.05) is 7.05 Å². The van der Waals surface area contributed by atoms with Crippen molar-refractivity contribution >= 4 is 5.69 Å². The molecular formula is C21H28N4O. The number of likely N-dealkylation sites (N-methyl/N-ethyl adjacent to an activating group) is 1. The molecule has 1 heterocycles. The number of hydrogen-bond donors (Lipinski definition) is 1. The van der Waals surface area contributed by atoms with Crippen LogP contribution in [0.2, 0.25) is 0 Å². The smallest absolute Gasteiger partial charge is 0.277 e.